The van der Waals surface area contributed by atoms with Gasteiger partial charge in [-0.15, -0.1) is 0 Å². The molecule has 0 aliphatic carbocycles. The molecule has 2 aromatic heterocycles. The Bertz CT molecular complexity index is 395. The fourth-order valence-electron chi connectivity index (χ4n) is 1.05. The Kier molecular flexibility index (Phi) is 2.30. The monoisotopic (exact) mass is 194 g/mol. The maximum atomic E-state index is 9.31. The van der Waals surface area contributed by atoms with E-state index in [-0.39, 0.29) is 12.4 Å². The number of nitrogens with zero attached hydrogens (tertiary/aromatic N) is 2. The van der Waals surface area contributed by atoms with Gasteiger partial charge in [0.15, 0.2) is 0 Å². The smallest absolute Gasteiger partial charge is 0.257 e. The summed E-state index contributed by atoms with van der Waals surface area (Å²) in [6.07, 6.45) is 0.858. The summed E-state index contributed by atoms with van der Waals surface area (Å²) in [4.78, 5) is 6.91. The molecule has 0 saturated carbocycles. The molecule has 0 saturated heterocycles. The summed E-state index contributed by atoms with van der Waals surface area (Å²) in [5, 5.41) is 13.0. The molecule has 0 unspecified atom stereocenters. The van der Waals surface area contributed by atoms with Gasteiger partial charge in [0.2, 0.25) is 5.82 Å². The summed E-state index contributed by atoms with van der Waals surface area (Å²) < 4.78 is 4.83. The molecule has 0 bridgehead atoms. The third-order valence-electron chi connectivity index (χ3n) is 1.79. The van der Waals surface area contributed by atoms with Crippen LogP contribution in [0.25, 0.3) is 11.5 Å². The van der Waals surface area contributed by atoms with Gasteiger partial charge in [-0.05, 0) is 12.1 Å². The number of H-pyrrole nitrogens is 1. The van der Waals surface area contributed by atoms with Gasteiger partial charge in [0.1, 0.15) is 6.10 Å². The van der Waals surface area contributed by atoms with E-state index >= 15 is 0 Å². The number of rotatable bonds is 3. The highest BCUT2D eigenvalue weighted by molar-refractivity contribution is 5.47. The minimum absolute atomic E-state index is 0.0619. The molecule has 0 aromatic carbocycles. The molecule has 6 heteroatoms. The van der Waals surface area contributed by atoms with E-state index in [0.717, 1.165) is 5.69 Å². The van der Waals surface area contributed by atoms with Crippen LogP contribution in [0.15, 0.2) is 22.9 Å². The van der Waals surface area contributed by atoms with Gasteiger partial charge >= 0.3 is 0 Å². The molecule has 0 radical (unpaired) electrons. The van der Waals surface area contributed by atoms with Crippen molar-refractivity contribution >= 4 is 0 Å². The van der Waals surface area contributed by atoms with E-state index in [1.807, 2.05) is 12.1 Å². The van der Waals surface area contributed by atoms with E-state index in [1.54, 1.807) is 6.20 Å². The Hall–Kier alpha value is -1.66. The number of nitrogens with two attached hydrogens (primary N) is 1. The number of hydrogen-bond acceptors (Lipinski definition) is 5. The van der Waals surface area contributed by atoms with Crippen molar-refractivity contribution in [1.82, 2.24) is 15.1 Å². The lowest BCUT2D eigenvalue weighted by Crippen LogP contribution is -2.11. The molecule has 2 rings (SSSR count). The minimum atomic E-state index is -0.897. The number of aromatic nitrogens is 3. The highest BCUT2D eigenvalue weighted by Crippen LogP contribution is 2.15. The van der Waals surface area contributed by atoms with Crippen molar-refractivity contribution in [3.63, 3.8) is 0 Å². The fraction of sp³-hybridized carbons (Fsp3) is 0.250. The molecule has 6 nitrogen and oxygen atoms in total. The first-order chi connectivity index (χ1) is 6.81. The first-order valence-electron chi connectivity index (χ1n) is 4.16. The zero-order chi connectivity index (χ0) is 9.97. The molecule has 0 spiro atoms. The summed E-state index contributed by atoms with van der Waals surface area (Å²) in [6, 6.07) is 3.63. The van der Waals surface area contributed by atoms with Crippen LogP contribution in [-0.2, 0) is 0 Å². The predicted octanol–water partition coefficient (Wildman–Crippen LogP) is 0.0568. The van der Waals surface area contributed by atoms with Gasteiger partial charge in [0.25, 0.3) is 5.89 Å². The maximum absolute atomic E-state index is 9.31. The van der Waals surface area contributed by atoms with Crippen molar-refractivity contribution < 1.29 is 9.63 Å². The van der Waals surface area contributed by atoms with Crippen LogP contribution < -0.4 is 5.73 Å². The molecule has 1 atom stereocenters. The van der Waals surface area contributed by atoms with Crippen LogP contribution in [0.3, 0.4) is 0 Å². The molecular weight excluding hydrogens is 184 g/mol. The van der Waals surface area contributed by atoms with Crippen LogP contribution in [0.4, 0.5) is 0 Å². The largest absolute Gasteiger partial charge is 0.382 e. The van der Waals surface area contributed by atoms with Crippen LogP contribution in [0.2, 0.25) is 0 Å². The molecule has 0 fully saturated rings. The Balaban J connectivity index is 2.26. The number of aliphatic hydroxyl groups excluding tert-OH is 1. The number of aliphatic hydroxyl groups is 1. The van der Waals surface area contributed by atoms with Crippen molar-refractivity contribution in [2.45, 2.75) is 6.10 Å². The average Bonchev–Trinajstić information content (AvgIpc) is 2.86. The van der Waals surface area contributed by atoms with E-state index in [0.29, 0.717) is 5.82 Å². The summed E-state index contributed by atoms with van der Waals surface area (Å²) >= 11 is 0. The van der Waals surface area contributed by atoms with E-state index in [9.17, 15) is 5.11 Å². The number of hydrogen-bond donors (Lipinski definition) is 3. The van der Waals surface area contributed by atoms with Crippen molar-refractivity contribution in [2.75, 3.05) is 6.54 Å². The van der Waals surface area contributed by atoms with Crippen molar-refractivity contribution in [3.8, 4) is 11.5 Å². The van der Waals surface area contributed by atoms with Gasteiger partial charge in [-0.1, -0.05) is 5.16 Å². The third-order valence-corrected chi connectivity index (χ3v) is 1.79. The van der Waals surface area contributed by atoms with Gasteiger partial charge in [-0.2, -0.15) is 4.98 Å². The lowest BCUT2D eigenvalue weighted by Gasteiger charge is -1.97. The summed E-state index contributed by atoms with van der Waals surface area (Å²) in [5.41, 5.74) is 5.99. The molecule has 0 amide bonds. The zero-order valence-electron chi connectivity index (χ0n) is 7.34. The van der Waals surface area contributed by atoms with Crippen LogP contribution in [-0.4, -0.2) is 26.8 Å². The van der Waals surface area contributed by atoms with E-state index in [1.165, 1.54) is 0 Å². The maximum Gasteiger partial charge on any atom is 0.257 e. The standard InChI is InChI=1S/C8H10N4O2/c9-4-6(13)8-11-7(12-14-8)5-2-1-3-10-5/h1-3,6,10,13H,4,9H2/t6-/m0/s1. The molecule has 2 heterocycles. The van der Waals surface area contributed by atoms with Gasteiger partial charge in [-0.3, -0.25) is 0 Å². The highest BCUT2D eigenvalue weighted by Gasteiger charge is 2.15. The topological polar surface area (TPSA) is 101 Å². The van der Waals surface area contributed by atoms with Gasteiger partial charge < -0.3 is 20.3 Å². The van der Waals surface area contributed by atoms with E-state index < -0.39 is 6.10 Å². The summed E-state index contributed by atoms with van der Waals surface area (Å²) in [5.74, 6) is 0.551. The Morgan fingerprint density at radius 1 is 1.64 bits per heavy atom. The average molecular weight is 194 g/mol. The van der Waals surface area contributed by atoms with Gasteiger partial charge in [0.05, 0.1) is 5.69 Å². The first-order valence-corrected chi connectivity index (χ1v) is 4.16. The van der Waals surface area contributed by atoms with Crippen LogP contribution in [0.1, 0.15) is 12.0 Å². The molecular formula is C8H10N4O2. The minimum Gasteiger partial charge on any atom is -0.382 e. The van der Waals surface area contributed by atoms with Crippen molar-refractivity contribution in [2.24, 2.45) is 5.73 Å². The second-order valence-electron chi connectivity index (χ2n) is 2.79. The lowest BCUT2D eigenvalue weighted by atomic mass is 10.3. The van der Waals surface area contributed by atoms with Crippen LogP contribution in [0, 0.1) is 0 Å². The normalized spacial score (nSPS) is 13.0. The molecule has 4 N–H and O–H groups in total. The molecule has 2 aromatic rings. The van der Waals surface area contributed by atoms with Crippen molar-refractivity contribution in [1.29, 1.82) is 0 Å². The first kappa shape index (κ1) is 8.92. The highest BCUT2D eigenvalue weighted by atomic mass is 16.5. The van der Waals surface area contributed by atoms with Gasteiger partial charge in [-0.25, -0.2) is 0 Å². The second kappa shape index (κ2) is 3.60. The van der Waals surface area contributed by atoms with Crippen molar-refractivity contribution in [3.05, 3.63) is 24.2 Å². The van der Waals surface area contributed by atoms with Gasteiger partial charge in [0, 0.05) is 12.7 Å². The van der Waals surface area contributed by atoms with E-state index in [4.69, 9.17) is 10.3 Å². The molecule has 0 aliphatic heterocycles. The number of aromatic amines is 1. The fourth-order valence-corrected chi connectivity index (χ4v) is 1.05. The molecule has 74 valence electrons. The number of nitrogens with one attached hydrogen (secondary N) is 1. The Morgan fingerprint density at radius 2 is 2.50 bits per heavy atom. The molecule has 14 heavy (non-hydrogen) atoms. The SMILES string of the molecule is NC[C@H](O)c1nc(-c2ccc[nH]2)no1. The van der Waals surface area contributed by atoms with Crippen LogP contribution in [0.5, 0.6) is 0 Å². The summed E-state index contributed by atoms with van der Waals surface area (Å²) in [7, 11) is 0. The Morgan fingerprint density at radius 3 is 3.14 bits per heavy atom. The lowest BCUT2D eigenvalue weighted by molar-refractivity contribution is 0.141. The predicted molar refractivity (Wildman–Crippen MR) is 48.1 cm³/mol. The quantitative estimate of drug-likeness (QED) is 0.641. The summed E-state index contributed by atoms with van der Waals surface area (Å²) in [6.45, 7) is 0.0619. The Labute approximate surface area is 79.7 Å². The van der Waals surface area contributed by atoms with E-state index in [2.05, 4.69) is 15.1 Å². The zero-order valence-corrected chi connectivity index (χ0v) is 7.34. The second-order valence-corrected chi connectivity index (χ2v) is 2.79. The third kappa shape index (κ3) is 1.52. The van der Waals surface area contributed by atoms with Crippen LogP contribution >= 0.6 is 0 Å². The molecule has 0 aliphatic rings.